The van der Waals surface area contributed by atoms with E-state index in [2.05, 4.69) is 31.1 Å². The Morgan fingerprint density at radius 2 is 1.64 bits per heavy atom. The normalized spacial score (nSPS) is 8.57. The molecular weight excluding hydrogens is 196 g/mol. The molecule has 0 rings (SSSR count). The van der Waals surface area contributed by atoms with E-state index >= 15 is 0 Å². The van der Waals surface area contributed by atoms with Gasteiger partial charge in [-0.2, -0.15) is 9.59 Å². The topological polar surface area (TPSA) is 51.2 Å². The Hall–Kier alpha value is -1.17. The Morgan fingerprint density at radius 3 is 1.93 bits per heavy atom. The maximum Gasteiger partial charge on any atom is 0.373 e. The van der Waals surface area contributed by atoms with E-state index < -0.39 is 8.07 Å². The number of carbonyl (C=O) groups excluding carboxylic acids is 3. The Balaban J connectivity index is 0. The summed E-state index contributed by atoms with van der Waals surface area (Å²) in [4.78, 5) is 27.2. The summed E-state index contributed by atoms with van der Waals surface area (Å²) >= 11 is 0. The lowest BCUT2D eigenvalue weighted by molar-refractivity contribution is -0.191. The van der Waals surface area contributed by atoms with E-state index in [0.29, 0.717) is 6.42 Å². The first-order valence-electron chi connectivity index (χ1n) is 4.42. The van der Waals surface area contributed by atoms with Crippen LogP contribution in [-0.2, 0) is 14.4 Å². The Bertz CT molecular complexity index is 259. The van der Waals surface area contributed by atoms with Crippen LogP contribution in [0.1, 0.15) is 19.8 Å². The van der Waals surface area contributed by atoms with Gasteiger partial charge in [0.05, 0.1) is 0 Å². The summed E-state index contributed by atoms with van der Waals surface area (Å²) in [5.74, 6) is 2.79. The van der Waals surface area contributed by atoms with E-state index in [1.165, 1.54) is 0 Å². The molecule has 0 unspecified atom stereocenters. The van der Waals surface area contributed by atoms with Gasteiger partial charge < -0.3 is 0 Å². The van der Waals surface area contributed by atoms with Gasteiger partial charge in [-0.15, -0.1) is 5.54 Å². The van der Waals surface area contributed by atoms with Gasteiger partial charge in [0.2, 0.25) is 5.78 Å². The molecule has 0 bridgehead atoms. The van der Waals surface area contributed by atoms with Gasteiger partial charge in [0.1, 0.15) is 8.07 Å². The second-order valence-corrected chi connectivity index (χ2v) is 8.51. The van der Waals surface area contributed by atoms with Crippen LogP contribution in [0, 0.1) is 11.5 Å². The average molecular weight is 212 g/mol. The third-order valence-corrected chi connectivity index (χ3v) is 1.93. The fourth-order valence-electron chi connectivity index (χ4n) is 0.547. The van der Waals surface area contributed by atoms with E-state index in [0.717, 1.165) is 6.42 Å². The number of carbonyl (C=O) groups is 1. The fourth-order valence-corrected chi connectivity index (χ4v) is 1.06. The molecule has 0 aliphatic carbocycles. The van der Waals surface area contributed by atoms with Gasteiger partial charge in [0.25, 0.3) is 0 Å². The Morgan fingerprint density at radius 1 is 1.21 bits per heavy atom. The van der Waals surface area contributed by atoms with Gasteiger partial charge in [-0.25, -0.2) is 0 Å². The maximum absolute atomic E-state index is 10.9. The summed E-state index contributed by atoms with van der Waals surface area (Å²) in [6.07, 6.45) is 1.76. The highest BCUT2D eigenvalue weighted by molar-refractivity contribution is 6.84. The summed E-state index contributed by atoms with van der Waals surface area (Å²) in [5.41, 5.74) is 3.05. The molecule has 0 aromatic rings. The van der Waals surface area contributed by atoms with Gasteiger partial charge >= 0.3 is 6.15 Å². The van der Waals surface area contributed by atoms with Crippen molar-refractivity contribution in [3.05, 3.63) is 0 Å². The molecule has 0 amide bonds. The molecule has 0 fully saturated rings. The van der Waals surface area contributed by atoms with Crippen LogP contribution in [0.25, 0.3) is 0 Å². The smallest absolute Gasteiger partial charge is 0.285 e. The van der Waals surface area contributed by atoms with Gasteiger partial charge in [-0.1, -0.05) is 26.6 Å². The summed E-state index contributed by atoms with van der Waals surface area (Å²) in [7, 11) is -1.33. The lowest BCUT2D eigenvalue weighted by atomic mass is 10.2. The molecule has 4 heteroatoms. The number of hydrogen-bond acceptors (Lipinski definition) is 3. The molecular formula is C10H16O3Si. The largest absolute Gasteiger partial charge is 0.373 e. The summed E-state index contributed by atoms with van der Waals surface area (Å²) < 4.78 is 0. The molecule has 0 aromatic heterocycles. The number of hydrogen-bond donors (Lipinski definition) is 0. The first-order chi connectivity index (χ1) is 6.37. The van der Waals surface area contributed by atoms with Gasteiger partial charge in [-0.3, -0.25) is 4.79 Å². The second-order valence-electron chi connectivity index (χ2n) is 3.76. The minimum Gasteiger partial charge on any atom is -0.285 e. The molecule has 0 N–H and O–H groups in total. The number of rotatable bonds is 2. The van der Waals surface area contributed by atoms with Crippen molar-refractivity contribution in [1.29, 1.82) is 0 Å². The molecule has 0 heterocycles. The van der Waals surface area contributed by atoms with Crippen LogP contribution < -0.4 is 0 Å². The Kier molecular flexibility index (Phi) is 9.21. The first kappa shape index (κ1) is 15.3. The zero-order chi connectivity index (χ0) is 11.6. The van der Waals surface area contributed by atoms with E-state index in [9.17, 15) is 4.79 Å². The van der Waals surface area contributed by atoms with Crippen LogP contribution in [0.4, 0.5) is 0 Å². The minimum atomic E-state index is -1.33. The van der Waals surface area contributed by atoms with Crippen molar-refractivity contribution >= 4 is 20.0 Å². The fraction of sp³-hybridized carbons (Fsp3) is 0.600. The van der Waals surface area contributed by atoms with E-state index in [-0.39, 0.29) is 11.9 Å². The maximum atomic E-state index is 10.9. The van der Waals surface area contributed by atoms with E-state index in [4.69, 9.17) is 9.59 Å². The van der Waals surface area contributed by atoms with Crippen molar-refractivity contribution in [2.45, 2.75) is 39.4 Å². The molecule has 0 saturated heterocycles. The SMILES string of the molecule is CCCC(=O)C#C[Si](C)(C)C.O=C=O. The molecule has 0 radical (unpaired) electrons. The highest BCUT2D eigenvalue weighted by atomic mass is 28.3. The predicted octanol–water partition coefficient (Wildman–Crippen LogP) is 1.65. The van der Waals surface area contributed by atoms with E-state index in [1.807, 2.05) is 6.92 Å². The summed E-state index contributed by atoms with van der Waals surface area (Å²) in [5, 5.41) is 0. The Labute approximate surface area is 85.9 Å². The molecule has 78 valence electrons. The van der Waals surface area contributed by atoms with Crippen molar-refractivity contribution in [2.24, 2.45) is 0 Å². The monoisotopic (exact) mass is 212 g/mol. The van der Waals surface area contributed by atoms with Crippen LogP contribution >= 0.6 is 0 Å². The van der Waals surface area contributed by atoms with Crippen molar-refractivity contribution in [3.8, 4) is 11.5 Å². The zero-order valence-electron chi connectivity index (χ0n) is 9.14. The highest BCUT2D eigenvalue weighted by Crippen LogP contribution is 1.96. The van der Waals surface area contributed by atoms with Crippen molar-refractivity contribution in [2.75, 3.05) is 0 Å². The molecule has 0 aliphatic rings. The lowest BCUT2D eigenvalue weighted by Gasteiger charge is -2.02. The van der Waals surface area contributed by atoms with Crippen LogP contribution in [0.3, 0.4) is 0 Å². The van der Waals surface area contributed by atoms with E-state index in [1.54, 1.807) is 0 Å². The molecule has 14 heavy (non-hydrogen) atoms. The molecule has 3 nitrogen and oxygen atoms in total. The molecule has 0 saturated carbocycles. The van der Waals surface area contributed by atoms with Gasteiger partial charge in [0, 0.05) is 6.42 Å². The van der Waals surface area contributed by atoms with Crippen LogP contribution in [0.5, 0.6) is 0 Å². The summed E-state index contributed by atoms with van der Waals surface area (Å²) in [6.45, 7) is 8.41. The van der Waals surface area contributed by atoms with Crippen molar-refractivity contribution in [1.82, 2.24) is 0 Å². The van der Waals surface area contributed by atoms with Gasteiger partial charge in [-0.05, 0) is 12.3 Å². The molecule has 0 aliphatic heterocycles. The van der Waals surface area contributed by atoms with Gasteiger partial charge in [0.15, 0.2) is 0 Å². The molecule has 0 spiro atoms. The predicted molar refractivity (Wildman–Crippen MR) is 56.0 cm³/mol. The van der Waals surface area contributed by atoms with Crippen LogP contribution in [0.15, 0.2) is 0 Å². The molecule has 0 atom stereocenters. The second kappa shape index (κ2) is 8.43. The van der Waals surface area contributed by atoms with Crippen molar-refractivity contribution < 1.29 is 14.4 Å². The van der Waals surface area contributed by atoms with Crippen LogP contribution in [-0.4, -0.2) is 20.0 Å². The first-order valence-corrected chi connectivity index (χ1v) is 7.92. The highest BCUT2D eigenvalue weighted by Gasteiger charge is 2.07. The summed E-state index contributed by atoms with van der Waals surface area (Å²) in [6, 6.07) is 0. The lowest BCUT2D eigenvalue weighted by Crippen LogP contribution is -2.17. The number of ketones is 1. The third-order valence-electron chi connectivity index (χ3n) is 1.05. The third kappa shape index (κ3) is 17.1. The standard InChI is InChI=1S/C9H16OSi.CO2/c1-5-6-9(10)7-8-11(2,3)4;2-1-3/h5-6H2,1-4H3;. The quantitative estimate of drug-likeness (QED) is 0.516. The zero-order valence-corrected chi connectivity index (χ0v) is 10.1. The van der Waals surface area contributed by atoms with Crippen molar-refractivity contribution in [3.63, 3.8) is 0 Å². The number of Topliss-reactive ketones (excluding diaryl/α,β-unsaturated/α-hetero) is 1. The minimum absolute atomic E-state index is 0.0925. The average Bonchev–Trinajstić information content (AvgIpc) is 2.02. The molecule has 0 aromatic carbocycles. The van der Waals surface area contributed by atoms with Crippen LogP contribution in [0.2, 0.25) is 19.6 Å².